The molecule has 20 heavy (non-hydrogen) atoms. The highest BCUT2D eigenvalue weighted by Crippen LogP contribution is 2.21. The number of nitrogens with two attached hydrogens (primary N) is 1. The average Bonchev–Trinajstić information content (AvgIpc) is 3.12. The molecule has 1 aromatic heterocycles. The number of nitrogens with zero attached hydrogens (tertiary/aromatic N) is 4. The van der Waals surface area contributed by atoms with Gasteiger partial charge in [0.25, 0.3) is 0 Å². The number of hydrogen-bond acceptors (Lipinski definition) is 7. The van der Waals surface area contributed by atoms with E-state index < -0.39 is 0 Å². The topological polar surface area (TPSA) is 89.2 Å². The van der Waals surface area contributed by atoms with Crippen LogP contribution in [0.1, 0.15) is 26.2 Å². The summed E-state index contributed by atoms with van der Waals surface area (Å²) in [6, 6.07) is 0.269. The van der Waals surface area contributed by atoms with E-state index in [1.165, 1.54) is 12.8 Å². The molecule has 7 nitrogen and oxygen atoms in total. The van der Waals surface area contributed by atoms with E-state index in [2.05, 4.69) is 32.1 Å². The van der Waals surface area contributed by atoms with Crippen molar-refractivity contribution < 1.29 is 4.74 Å². The summed E-state index contributed by atoms with van der Waals surface area (Å²) in [4.78, 5) is 15.1. The lowest BCUT2D eigenvalue weighted by Gasteiger charge is -2.21. The van der Waals surface area contributed by atoms with Gasteiger partial charge in [0, 0.05) is 31.7 Å². The largest absolute Gasteiger partial charge is 0.381 e. The molecule has 0 aliphatic carbocycles. The Morgan fingerprint density at radius 2 is 2.10 bits per heavy atom. The summed E-state index contributed by atoms with van der Waals surface area (Å²) in [7, 11) is 0. The second-order valence-corrected chi connectivity index (χ2v) is 5.57. The van der Waals surface area contributed by atoms with E-state index >= 15 is 0 Å². The molecule has 2 saturated heterocycles. The molecule has 0 bridgehead atoms. The van der Waals surface area contributed by atoms with Gasteiger partial charge < -0.3 is 20.7 Å². The summed E-state index contributed by atoms with van der Waals surface area (Å²) in [5, 5.41) is 3.34. The molecule has 1 aromatic rings. The monoisotopic (exact) mass is 278 g/mol. The van der Waals surface area contributed by atoms with E-state index in [1.807, 2.05) is 0 Å². The molecule has 3 N–H and O–H groups in total. The minimum absolute atomic E-state index is 0.269. The molecular weight excluding hydrogens is 256 g/mol. The first-order valence-electron chi connectivity index (χ1n) is 7.33. The third-order valence-electron chi connectivity index (χ3n) is 4.06. The van der Waals surface area contributed by atoms with Crippen molar-refractivity contribution in [2.75, 3.05) is 42.3 Å². The van der Waals surface area contributed by atoms with Crippen molar-refractivity contribution in [2.24, 2.45) is 5.92 Å². The molecule has 0 spiro atoms. The van der Waals surface area contributed by atoms with Gasteiger partial charge in [-0.3, -0.25) is 0 Å². The lowest BCUT2D eigenvalue weighted by atomic mass is 10.0. The van der Waals surface area contributed by atoms with Gasteiger partial charge in [-0.2, -0.15) is 15.0 Å². The maximum Gasteiger partial charge on any atom is 0.231 e. The second kappa shape index (κ2) is 5.78. The van der Waals surface area contributed by atoms with Crippen molar-refractivity contribution in [1.82, 2.24) is 15.0 Å². The zero-order chi connectivity index (χ0) is 13.9. The molecule has 2 unspecified atom stereocenters. The summed E-state index contributed by atoms with van der Waals surface area (Å²) in [5.74, 6) is 2.04. The molecule has 2 atom stereocenters. The van der Waals surface area contributed by atoms with E-state index in [4.69, 9.17) is 10.5 Å². The van der Waals surface area contributed by atoms with Crippen LogP contribution >= 0.6 is 0 Å². The van der Waals surface area contributed by atoms with Gasteiger partial charge in [-0.05, 0) is 26.2 Å². The minimum Gasteiger partial charge on any atom is -0.381 e. The molecule has 0 amide bonds. The number of hydrogen-bond donors (Lipinski definition) is 2. The molecule has 3 rings (SSSR count). The Hall–Kier alpha value is -1.63. The highest BCUT2D eigenvalue weighted by molar-refractivity contribution is 5.42. The lowest BCUT2D eigenvalue weighted by Crippen LogP contribution is -2.28. The molecule has 0 aromatic carbocycles. The Balaban J connectivity index is 1.71. The van der Waals surface area contributed by atoms with Crippen molar-refractivity contribution in [3.63, 3.8) is 0 Å². The normalized spacial score (nSPS) is 24.1. The Labute approximate surface area is 118 Å². The highest BCUT2D eigenvalue weighted by Gasteiger charge is 2.23. The van der Waals surface area contributed by atoms with Crippen LogP contribution in [0.25, 0.3) is 0 Å². The van der Waals surface area contributed by atoms with Crippen molar-refractivity contribution in [3.05, 3.63) is 0 Å². The predicted octanol–water partition coefficient (Wildman–Crippen LogP) is 0.891. The fourth-order valence-corrected chi connectivity index (χ4v) is 2.77. The standard InChI is InChI=1S/C13H22N6O/c1-9(10-4-7-20-8-10)15-12-16-11(14)17-13(18-12)19-5-2-3-6-19/h9-10H,2-8H2,1H3,(H3,14,15,16,17,18). The smallest absolute Gasteiger partial charge is 0.231 e. The van der Waals surface area contributed by atoms with Crippen molar-refractivity contribution in [2.45, 2.75) is 32.2 Å². The molecule has 0 radical (unpaired) electrons. The average molecular weight is 278 g/mol. The van der Waals surface area contributed by atoms with Crippen LogP contribution in [0.5, 0.6) is 0 Å². The second-order valence-electron chi connectivity index (χ2n) is 5.57. The number of nitrogens with one attached hydrogen (secondary N) is 1. The van der Waals surface area contributed by atoms with E-state index in [-0.39, 0.29) is 12.0 Å². The maximum atomic E-state index is 5.80. The summed E-state index contributed by atoms with van der Waals surface area (Å²) >= 11 is 0. The molecule has 3 heterocycles. The van der Waals surface area contributed by atoms with Crippen LogP contribution in [0, 0.1) is 5.92 Å². The first-order chi connectivity index (χ1) is 9.72. The zero-order valence-corrected chi connectivity index (χ0v) is 11.9. The van der Waals surface area contributed by atoms with E-state index in [1.54, 1.807) is 0 Å². The third kappa shape index (κ3) is 2.92. The summed E-state index contributed by atoms with van der Waals surface area (Å²) in [5.41, 5.74) is 5.80. The van der Waals surface area contributed by atoms with Crippen molar-refractivity contribution >= 4 is 17.8 Å². The SMILES string of the molecule is CC(Nc1nc(N)nc(N2CCCC2)n1)C1CCOC1. The molecule has 7 heteroatoms. The number of ether oxygens (including phenoxy) is 1. The number of nitrogen functional groups attached to an aromatic ring is 1. The maximum absolute atomic E-state index is 5.80. The van der Waals surface area contributed by atoms with Gasteiger partial charge >= 0.3 is 0 Å². The van der Waals surface area contributed by atoms with Gasteiger partial charge in [0.2, 0.25) is 17.8 Å². The van der Waals surface area contributed by atoms with Gasteiger partial charge in [0.15, 0.2) is 0 Å². The van der Waals surface area contributed by atoms with Crippen molar-refractivity contribution in [1.29, 1.82) is 0 Å². The van der Waals surface area contributed by atoms with Crippen LogP contribution < -0.4 is 16.0 Å². The van der Waals surface area contributed by atoms with Gasteiger partial charge in [-0.25, -0.2) is 0 Å². The molecule has 110 valence electrons. The molecule has 2 aliphatic heterocycles. The van der Waals surface area contributed by atoms with Gasteiger partial charge in [0.05, 0.1) is 6.61 Å². The molecule has 0 saturated carbocycles. The van der Waals surface area contributed by atoms with Crippen LogP contribution in [0.15, 0.2) is 0 Å². The fraction of sp³-hybridized carbons (Fsp3) is 0.769. The molecule has 2 fully saturated rings. The van der Waals surface area contributed by atoms with E-state index in [0.29, 0.717) is 17.8 Å². The van der Waals surface area contributed by atoms with Crippen LogP contribution in [-0.2, 0) is 4.74 Å². The highest BCUT2D eigenvalue weighted by atomic mass is 16.5. The predicted molar refractivity (Wildman–Crippen MR) is 77.7 cm³/mol. The minimum atomic E-state index is 0.269. The Kier molecular flexibility index (Phi) is 3.86. The van der Waals surface area contributed by atoms with Crippen LogP contribution in [0.2, 0.25) is 0 Å². The van der Waals surface area contributed by atoms with Gasteiger partial charge in [-0.1, -0.05) is 0 Å². The zero-order valence-electron chi connectivity index (χ0n) is 11.9. The van der Waals surface area contributed by atoms with E-state index in [0.717, 1.165) is 32.7 Å². The Morgan fingerprint density at radius 1 is 1.30 bits per heavy atom. The summed E-state index contributed by atoms with van der Waals surface area (Å²) < 4.78 is 5.42. The van der Waals surface area contributed by atoms with E-state index in [9.17, 15) is 0 Å². The fourth-order valence-electron chi connectivity index (χ4n) is 2.77. The van der Waals surface area contributed by atoms with Gasteiger partial charge in [-0.15, -0.1) is 0 Å². The Bertz CT molecular complexity index is 456. The first kappa shape index (κ1) is 13.4. The van der Waals surface area contributed by atoms with Gasteiger partial charge in [0.1, 0.15) is 0 Å². The quantitative estimate of drug-likeness (QED) is 0.845. The number of anilines is 3. The number of aromatic nitrogens is 3. The number of rotatable bonds is 4. The molecule has 2 aliphatic rings. The third-order valence-corrected chi connectivity index (χ3v) is 4.06. The van der Waals surface area contributed by atoms with Crippen LogP contribution in [0.4, 0.5) is 17.8 Å². The Morgan fingerprint density at radius 3 is 2.80 bits per heavy atom. The lowest BCUT2D eigenvalue weighted by molar-refractivity contribution is 0.183. The molecular formula is C13H22N6O. The van der Waals surface area contributed by atoms with Crippen LogP contribution in [-0.4, -0.2) is 47.3 Å². The first-order valence-corrected chi connectivity index (χ1v) is 7.33. The van der Waals surface area contributed by atoms with Crippen molar-refractivity contribution in [3.8, 4) is 0 Å². The summed E-state index contributed by atoms with van der Waals surface area (Å²) in [6.45, 7) is 5.77. The summed E-state index contributed by atoms with van der Waals surface area (Å²) in [6.07, 6.45) is 3.45. The van der Waals surface area contributed by atoms with Crippen LogP contribution in [0.3, 0.4) is 0 Å².